The monoisotopic (exact) mass is 450 g/mol. The summed E-state index contributed by atoms with van der Waals surface area (Å²) < 4.78 is 29.9. The van der Waals surface area contributed by atoms with Crippen LogP contribution in [-0.4, -0.2) is 28.5 Å². The van der Waals surface area contributed by atoms with Crippen LogP contribution >= 0.6 is 23.1 Å². The Labute approximate surface area is 181 Å². The minimum absolute atomic E-state index is 0.0563. The van der Waals surface area contributed by atoms with E-state index in [0.717, 1.165) is 5.69 Å². The van der Waals surface area contributed by atoms with Gasteiger partial charge in [-0.1, -0.05) is 61.2 Å². The van der Waals surface area contributed by atoms with Gasteiger partial charge in [-0.2, -0.15) is 8.78 Å². The Morgan fingerprint density at radius 3 is 2.57 bits per heavy atom. The molecule has 30 heavy (non-hydrogen) atoms. The zero-order valence-corrected chi connectivity index (χ0v) is 17.9. The molecule has 3 aromatic rings. The smallest absolute Gasteiger partial charge is 0.387 e. The molecule has 1 heterocycles. The van der Waals surface area contributed by atoms with E-state index in [-0.39, 0.29) is 23.1 Å². The molecule has 0 atom stereocenters. The number of rotatable bonds is 9. The lowest BCUT2D eigenvalue weighted by Crippen LogP contribution is -2.15. The van der Waals surface area contributed by atoms with Crippen LogP contribution in [0.1, 0.15) is 25.3 Å². The molecule has 0 aliphatic heterocycles. The van der Waals surface area contributed by atoms with E-state index >= 15 is 0 Å². The van der Waals surface area contributed by atoms with Crippen LogP contribution in [-0.2, 0) is 4.79 Å². The van der Waals surface area contributed by atoms with Gasteiger partial charge in [0, 0.05) is 5.69 Å². The van der Waals surface area contributed by atoms with Gasteiger partial charge in [0.15, 0.2) is 4.34 Å². The molecule has 0 unspecified atom stereocenters. The van der Waals surface area contributed by atoms with Crippen LogP contribution in [0.25, 0.3) is 0 Å². The van der Waals surface area contributed by atoms with E-state index in [4.69, 9.17) is 0 Å². The van der Waals surface area contributed by atoms with Gasteiger partial charge in [-0.05, 0) is 35.7 Å². The maximum absolute atomic E-state index is 12.5. The second kappa shape index (κ2) is 10.4. The molecular weight excluding hydrogens is 430 g/mol. The summed E-state index contributed by atoms with van der Waals surface area (Å²) in [6.07, 6.45) is 0. The third kappa shape index (κ3) is 6.39. The van der Waals surface area contributed by atoms with Crippen LogP contribution in [0, 0.1) is 0 Å². The Hall–Kier alpha value is -2.72. The summed E-state index contributed by atoms with van der Waals surface area (Å²) in [7, 11) is 0. The number of para-hydroxylation sites is 2. The number of aromatic nitrogens is 2. The number of nitrogens with one attached hydrogen (secondary N) is 2. The summed E-state index contributed by atoms with van der Waals surface area (Å²) >= 11 is 2.53. The summed E-state index contributed by atoms with van der Waals surface area (Å²) in [4.78, 5) is 12.2. The average Bonchev–Trinajstić information content (AvgIpc) is 3.15. The number of halogens is 2. The van der Waals surface area contributed by atoms with Gasteiger partial charge in [0.1, 0.15) is 5.75 Å². The largest absolute Gasteiger partial charge is 0.433 e. The summed E-state index contributed by atoms with van der Waals surface area (Å²) in [5.41, 5.74) is 2.34. The number of ether oxygens (including phenoxy) is 1. The third-order valence-electron chi connectivity index (χ3n) is 3.94. The standard InChI is InChI=1S/C20H20F2N4O2S2/c1-12(2)13-7-9-14(10-8-13)23-19-25-26-20(30-19)29-11-17(27)24-15-5-3-4-6-16(15)28-18(21)22/h3-10,12,18H,11H2,1-2H3,(H,23,25)(H,24,27). The number of anilines is 3. The van der Waals surface area contributed by atoms with Gasteiger partial charge in [0.05, 0.1) is 11.4 Å². The van der Waals surface area contributed by atoms with E-state index in [1.165, 1.54) is 40.8 Å². The Kier molecular flexibility index (Phi) is 7.58. The molecule has 0 saturated heterocycles. The lowest BCUT2D eigenvalue weighted by atomic mass is 10.0. The first-order valence-electron chi connectivity index (χ1n) is 9.07. The molecule has 1 amide bonds. The van der Waals surface area contributed by atoms with Crippen molar-refractivity contribution in [1.82, 2.24) is 10.2 Å². The van der Waals surface area contributed by atoms with Crippen LogP contribution in [0.15, 0.2) is 52.9 Å². The summed E-state index contributed by atoms with van der Waals surface area (Å²) in [5.74, 6) is 0.0699. The second-order valence-electron chi connectivity index (χ2n) is 6.49. The number of hydrogen-bond acceptors (Lipinski definition) is 7. The minimum atomic E-state index is -2.97. The van der Waals surface area contributed by atoms with Crippen molar-refractivity contribution >= 4 is 45.5 Å². The first kappa shape index (κ1) is 22.0. The first-order valence-corrected chi connectivity index (χ1v) is 10.9. The number of carbonyl (C=O) groups excluding carboxylic acids is 1. The van der Waals surface area contributed by atoms with Gasteiger partial charge in [-0.3, -0.25) is 4.79 Å². The van der Waals surface area contributed by atoms with Gasteiger partial charge < -0.3 is 15.4 Å². The van der Waals surface area contributed by atoms with Gasteiger partial charge in [0.2, 0.25) is 11.0 Å². The molecule has 0 saturated carbocycles. The van der Waals surface area contributed by atoms with Gasteiger partial charge in [-0.15, -0.1) is 10.2 Å². The quantitative estimate of drug-likeness (QED) is 0.405. The zero-order chi connectivity index (χ0) is 21.5. The Morgan fingerprint density at radius 2 is 1.87 bits per heavy atom. The maximum atomic E-state index is 12.5. The predicted molar refractivity (Wildman–Crippen MR) is 116 cm³/mol. The van der Waals surface area contributed by atoms with Crippen molar-refractivity contribution in [1.29, 1.82) is 0 Å². The molecule has 0 radical (unpaired) electrons. The molecule has 10 heteroatoms. The molecule has 0 aliphatic rings. The molecule has 0 spiro atoms. The van der Waals surface area contributed by atoms with Crippen molar-refractivity contribution in [2.75, 3.05) is 16.4 Å². The molecule has 3 rings (SSSR count). The fourth-order valence-corrected chi connectivity index (χ4v) is 4.05. The minimum Gasteiger partial charge on any atom is -0.433 e. The number of hydrogen-bond donors (Lipinski definition) is 2. The highest BCUT2D eigenvalue weighted by Gasteiger charge is 2.13. The van der Waals surface area contributed by atoms with E-state index in [2.05, 4.69) is 51.5 Å². The lowest BCUT2D eigenvalue weighted by Gasteiger charge is -2.11. The molecular formula is C20H20F2N4O2S2. The summed E-state index contributed by atoms with van der Waals surface area (Å²) in [5, 5.41) is 14.5. The highest BCUT2D eigenvalue weighted by Crippen LogP contribution is 2.29. The van der Waals surface area contributed by atoms with E-state index < -0.39 is 6.61 Å². The molecule has 6 nitrogen and oxygen atoms in total. The van der Waals surface area contributed by atoms with Crippen molar-refractivity contribution in [3.8, 4) is 5.75 Å². The SMILES string of the molecule is CC(C)c1ccc(Nc2nnc(SCC(=O)Nc3ccccc3OC(F)F)s2)cc1. The van der Waals surface area contributed by atoms with Crippen LogP contribution in [0.3, 0.4) is 0 Å². The predicted octanol–water partition coefficient (Wildman–Crippen LogP) is 5.74. The Balaban J connectivity index is 1.52. The number of alkyl halides is 2. The third-order valence-corrected chi connectivity index (χ3v) is 5.91. The number of amides is 1. The summed E-state index contributed by atoms with van der Waals surface area (Å²) in [6, 6.07) is 14.1. The molecule has 1 aromatic heterocycles. The normalized spacial score (nSPS) is 11.0. The van der Waals surface area contributed by atoms with E-state index in [1.807, 2.05) is 12.1 Å². The van der Waals surface area contributed by atoms with E-state index in [9.17, 15) is 13.6 Å². The van der Waals surface area contributed by atoms with Crippen LogP contribution in [0.2, 0.25) is 0 Å². The summed E-state index contributed by atoms with van der Waals surface area (Å²) in [6.45, 7) is 1.31. The van der Waals surface area contributed by atoms with Crippen LogP contribution in [0.4, 0.5) is 25.3 Å². The zero-order valence-electron chi connectivity index (χ0n) is 16.3. The van der Waals surface area contributed by atoms with Crippen molar-refractivity contribution in [2.45, 2.75) is 30.7 Å². The molecule has 2 N–H and O–H groups in total. The topological polar surface area (TPSA) is 76.1 Å². The number of thioether (sulfide) groups is 1. The first-order chi connectivity index (χ1) is 14.4. The number of carbonyl (C=O) groups is 1. The van der Waals surface area contributed by atoms with E-state index in [0.29, 0.717) is 15.4 Å². The number of benzene rings is 2. The highest BCUT2D eigenvalue weighted by atomic mass is 32.2. The highest BCUT2D eigenvalue weighted by molar-refractivity contribution is 8.01. The van der Waals surface area contributed by atoms with Crippen LogP contribution in [0.5, 0.6) is 5.75 Å². The van der Waals surface area contributed by atoms with E-state index in [1.54, 1.807) is 12.1 Å². The molecule has 0 fully saturated rings. The molecule has 2 aromatic carbocycles. The van der Waals surface area contributed by atoms with Gasteiger partial charge in [0.25, 0.3) is 0 Å². The average molecular weight is 451 g/mol. The molecule has 158 valence electrons. The van der Waals surface area contributed by atoms with Crippen molar-refractivity contribution in [2.24, 2.45) is 0 Å². The lowest BCUT2D eigenvalue weighted by molar-refractivity contribution is -0.113. The fraction of sp³-hybridized carbons (Fsp3) is 0.250. The second-order valence-corrected chi connectivity index (χ2v) is 8.69. The fourth-order valence-electron chi connectivity index (χ4n) is 2.48. The van der Waals surface area contributed by atoms with Crippen molar-refractivity contribution < 1.29 is 18.3 Å². The molecule has 0 aliphatic carbocycles. The number of nitrogens with zero attached hydrogens (tertiary/aromatic N) is 2. The van der Waals surface area contributed by atoms with Gasteiger partial charge in [-0.25, -0.2) is 0 Å². The van der Waals surface area contributed by atoms with Crippen molar-refractivity contribution in [3.05, 3.63) is 54.1 Å². The Bertz CT molecular complexity index is 981. The maximum Gasteiger partial charge on any atom is 0.387 e. The van der Waals surface area contributed by atoms with Crippen molar-refractivity contribution in [3.63, 3.8) is 0 Å². The van der Waals surface area contributed by atoms with Crippen LogP contribution < -0.4 is 15.4 Å². The molecule has 0 bridgehead atoms. The van der Waals surface area contributed by atoms with Gasteiger partial charge >= 0.3 is 6.61 Å². The Morgan fingerprint density at radius 1 is 1.13 bits per heavy atom.